The molecule has 132 valence electrons. The van der Waals surface area contributed by atoms with E-state index in [9.17, 15) is 14.4 Å². The molecule has 1 aliphatic heterocycles. The second-order valence-corrected chi connectivity index (χ2v) is 6.58. The van der Waals surface area contributed by atoms with Gasteiger partial charge in [0.15, 0.2) is 0 Å². The standard InChI is InChI=1S/C16H14Br2N2O5/c1-3-4-25-14-10(17)5-9(6-11(14)18)7-12-15(22)20(16(23)19-12)8-13(21)24-2/h3,5-7H,1,4,8H2,2H3,(H,19,23)/b12-7-. The number of hydrogen-bond acceptors (Lipinski definition) is 5. The van der Waals surface area contributed by atoms with Crippen LogP contribution in [0.1, 0.15) is 5.56 Å². The van der Waals surface area contributed by atoms with Gasteiger partial charge in [0.05, 0.1) is 16.1 Å². The lowest BCUT2D eigenvalue weighted by molar-refractivity contribution is -0.143. The lowest BCUT2D eigenvalue weighted by Crippen LogP contribution is -2.36. The SMILES string of the molecule is C=CCOc1c(Br)cc(/C=C2\NC(=O)N(CC(=O)OC)C2=O)cc1Br. The number of hydrogen-bond donors (Lipinski definition) is 1. The van der Waals surface area contributed by atoms with Crippen LogP contribution in [0.4, 0.5) is 4.79 Å². The summed E-state index contributed by atoms with van der Waals surface area (Å²) in [5.74, 6) is -0.690. The molecule has 0 aliphatic carbocycles. The fourth-order valence-electron chi connectivity index (χ4n) is 2.02. The molecule has 1 heterocycles. The lowest BCUT2D eigenvalue weighted by atomic mass is 10.2. The van der Waals surface area contributed by atoms with Crippen molar-refractivity contribution in [3.8, 4) is 5.75 Å². The molecule has 1 saturated heterocycles. The van der Waals surface area contributed by atoms with Crippen molar-refractivity contribution in [3.63, 3.8) is 0 Å². The molecule has 1 N–H and O–H groups in total. The van der Waals surface area contributed by atoms with Crippen molar-refractivity contribution >= 4 is 55.8 Å². The van der Waals surface area contributed by atoms with E-state index in [1.807, 2.05) is 0 Å². The highest BCUT2D eigenvalue weighted by Gasteiger charge is 2.35. The summed E-state index contributed by atoms with van der Waals surface area (Å²) in [6, 6.07) is 2.79. The fraction of sp³-hybridized carbons (Fsp3) is 0.188. The Kier molecular flexibility index (Phi) is 6.38. The third kappa shape index (κ3) is 4.49. The summed E-state index contributed by atoms with van der Waals surface area (Å²) in [5.41, 5.74) is 0.709. The number of esters is 1. The largest absolute Gasteiger partial charge is 0.487 e. The van der Waals surface area contributed by atoms with Crippen molar-refractivity contribution in [1.29, 1.82) is 0 Å². The Labute approximate surface area is 160 Å². The van der Waals surface area contributed by atoms with Gasteiger partial charge in [-0.25, -0.2) is 9.69 Å². The molecule has 7 nitrogen and oxygen atoms in total. The van der Waals surface area contributed by atoms with Gasteiger partial charge in [-0.3, -0.25) is 9.59 Å². The van der Waals surface area contributed by atoms with E-state index in [-0.39, 0.29) is 5.70 Å². The van der Waals surface area contributed by atoms with Gasteiger partial charge in [-0.2, -0.15) is 0 Å². The minimum Gasteiger partial charge on any atom is -0.487 e. The van der Waals surface area contributed by atoms with Crippen LogP contribution >= 0.6 is 31.9 Å². The molecule has 0 unspecified atom stereocenters. The minimum atomic E-state index is -0.682. The van der Waals surface area contributed by atoms with E-state index in [0.29, 0.717) is 26.9 Å². The van der Waals surface area contributed by atoms with Gasteiger partial charge in [0, 0.05) is 0 Å². The molecule has 0 bridgehead atoms. The maximum Gasteiger partial charge on any atom is 0.329 e. The second kappa shape index (κ2) is 8.30. The van der Waals surface area contributed by atoms with Crippen molar-refractivity contribution in [2.75, 3.05) is 20.3 Å². The molecule has 2 rings (SSSR count). The quantitative estimate of drug-likeness (QED) is 0.297. The van der Waals surface area contributed by atoms with Crippen molar-refractivity contribution in [2.45, 2.75) is 0 Å². The van der Waals surface area contributed by atoms with E-state index in [1.54, 1.807) is 18.2 Å². The third-order valence-electron chi connectivity index (χ3n) is 3.15. The molecule has 25 heavy (non-hydrogen) atoms. The molecule has 0 spiro atoms. The number of ether oxygens (including phenoxy) is 2. The Morgan fingerprint density at radius 2 is 1.96 bits per heavy atom. The maximum absolute atomic E-state index is 12.3. The fourth-order valence-corrected chi connectivity index (χ4v) is 3.47. The average Bonchev–Trinajstić information content (AvgIpc) is 2.81. The molecule has 3 amide bonds. The first-order valence-corrected chi connectivity index (χ1v) is 8.60. The van der Waals surface area contributed by atoms with Gasteiger partial charge in [0.25, 0.3) is 5.91 Å². The smallest absolute Gasteiger partial charge is 0.329 e. The van der Waals surface area contributed by atoms with E-state index < -0.39 is 24.5 Å². The van der Waals surface area contributed by atoms with Crippen LogP contribution in [0, 0.1) is 0 Å². The van der Waals surface area contributed by atoms with Crippen LogP contribution in [0.2, 0.25) is 0 Å². The molecular formula is C16H14Br2N2O5. The van der Waals surface area contributed by atoms with Crippen molar-refractivity contribution in [2.24, 2.45) is 0 Å². The molecule has 0 saturated carbocycles. The molecule has 1 aromatic rings. The highest BCUT2D eigenvalue weighted by atomic mass is 79.9. The van der Waals surface area contributed by atoms with Crippen LogP contribution in [0.3, 0.4) is 0 Å². The van der Waals surface area contributed by atoms with Gasteiger partial charge in [-0.05, 0) is 55.6 Å². The second-order valence-electron chi connectivity index (χ2n) is 4.87. The Bertz CT molecular complexity index is 753. The molecule has 9 heteroatoms. The molecule has 0 radical (unpaired) electrons. The topological polar surface area (TPSA) is 84.9 Å². The molecular weight excluding hydrogens is 460 g/mol. The zero-order valence-electron chi connectivity index (χ0n) is 13.2. The summed E-state index contributed by atoms with van der Waals surface area (Å²) in [5, 5.41) is 2.44. The zero-order chi connectivity index (χ0) is 18.6. The van der Waals surface area contributed by atoms with Crippen LogP contribution in [0.5, 0.6) is 5.75 Å². The Balaban J connectivity index is 2.26. The van der Waals surface area contributed by atoms with E-state index in [4.69, 9.17) is 4.74 Å². The Hall–Kier alpha value is -2.13. The first-order valence-electron chi connectivity index (χ1n) is 7.01. The van der Waals surface area contributed by atoms with Gasteiger partial charge >= 0.3 is 12.0 Å². The highest BCUT2D eigenvalue weighted by Crippen LogP contribution is 2.35. The monoisotopic (exact) mass is 472 g/mol. The molecule has 1 aliphatic rings. The maximum atomic E-state index is 12.3. The van der Waals surface area contributed by atoms with Crippen LogP contribution in [0.15, 0.2) is 39.4 Å². The van der Waals surface area contributed by atoms with Gasteiger partial charge in [0.2, 0.25) is 0 Å². The molecule has 1 fully saturated rings. The van der Waals surface area contributed by atoms with Gasteiger partial charge in [0.1, 0.15) is 24.6 Å². The van der Waals surface area contributed by atoms with Crippen LogP contribution in [0.25, 0.3) is 6.08 Å². The Morgan fingerprint density at radius 3 is 2.52 bits per heavy atom. The molecule has 0 atom stereocenters. The zero-order valence-corrected chi connectivity index (χ0v) is 16.3. The van der Waals surface area contributed by atoms with Gasteiger partial charge in [-0.15, -0.1) is 0 Å². The number of methoxy groups -OCH3 is 1. The van der Waals surface area contributed by atoms with Crippen LogP contribution in [-0.4, -0.2) is 43.1 Å². The first-order chi connectivity index (χ1) is 11.9. The molecule has 0 aromatic heterocycles. The summed E-state index contributed by atoms with van der Waals surface area (Å²) in [7, 11) is 1.18. The number of halogens is 2. The van der Waals surface area contributed by atoms with Gasteiger partial charge in [-0.1, -0.05) is 12.7 Å². The number of rotatable bonds is 6. The summed E-state index contributed by atoms with van der Waals surface area (Å²) < 4.78 is 11.3. The highest BCUT2D eigenvalue weighted by molar-refractivity contribution is 9.11. The predicted molar refractivity (Wildman–Crippen MR) is 97.8 cm³/mol. The number of amides is 3. The van der Waals surface area contributed by atoms with Crippen molar-refractivity contribution in [3.05, 3.63) is 45.0 Å². The number of urea groups is 1. The average molecular weight is 474 g/mol. The number of carbonyl (C=O) groups is 3. The van der Waals surface area contributed by atoms with Gasteiger partial charge < -0.3 is 14.8 Å². The van der Waals surface area contributed by atoms with Crippen LogP contribution in [-0.2, 0) is 14.3 Å². The van der Waals surface area contributed by atoms with E-state index in [2.05, 4.69) is 48.5 Å². The first kappa shape index (κ1) is 19.2. The number of nitrogens with zero attached hydrogens (tertiary/aromatic N) is 1. The van der Waals surface area contributed by atoms with E-state index in [0.717, 1.165) is 4.90 Å². The number of nitrogens with one attached hydrogen (secondary N) is 1. The summed E-state index contributed by atoms with van der Waals surface area (Å²) in [6.07, 6.45) is 3.13. The molecule has 1 aromatic carbocycles. The Morgan fingerprint density at radius 1 is 1.32 bits per heavy atom. The van der Waals surface area contributed by atoms with E-state index in [1.165, 1.54) is 13.2 Å². The minimum absolute atomic E-state index is 0.0625. The van der Waals surface area contributed by atoms with Crippen molar-refractivity contribution < 1.29 is 23.9 Å². The summed E-state index contributed by atoms with van der Waals surface area (Å²) >= 11 is 6.79. The predicted octanol–water partition coefficient (Wildman–Crippen LogP) is 2.84. The van der Waals surface area contributed by atoms with Crippen LogP contribution < -0.4 is 10.1 Å². The number of imide groups is 1. The normalized spacial score (nSPS) is 15.3. The number of benzene rings is 1. The summed E-state index contributed by atoms with van der Waals surface area (Å²) in [6.45, 7) is 3.49. The van der Waals surface area contributed by atoms with E-state index >= 15 is 0 Å². The lowest BCUT2D eigenvalue weighted by Gasteiger charge is -2.10. The third-order valence-corrected chi connectivity index (χ3v) is 4.33. The summed E-state index contributed by atoms with van der Waals surface area (Å²) in [4.78, 5) is 36.2. The van der Waals surface area contributed by atoms with Crippen molar-refractivity contribution in [1.82, 2.24) is 10.2 Å². The number of carbonyl (C=O) groups excluding carboxylic acids is 3.